The zero-order chi connectivity index (χ0) is 27.1. The molecule has 0 N–H and O–H groups in total. The fourth-order valence-electron chi connectivity index (χ4n) is 3.91. The van der Waals surface area contributed by atoms with E-state index in [9.17, 15) is 13.0 Å². The van der Waals surface area contributed by atoms with Gasteiger partial charge in [-0.25, -0.2) is 8.42 Å². The Balaban J connectivity index is 0. The van der Waals surface area contributed by atoms with Crippen LogP contribution in [0.5, 0.6) is 0 Å². The molecule has 1 rings (SSSR count). The van der Waals surface area contributed by atoms with Gasteiger partial charge in [0.15, 0.2) is 0 Å². The van der Waals surface area contributed by atoms with Crippen LogP contribution in [0.25, 0.3) is 0 Å². The summed E-state index contributed by atoms with van der Waals surface area (Å²) < 4.78 is 54.4. The van der Waals surface area contributed by atoms with Crippen molar-refractivity contribution in [3.05, 3.63) is 35.9 Å². The third kappa shape index (κ3) is 18.8. The molecule has 1 aromatic rings. The molecule has 0 bridgehead atoms. The quantitative estimate of drug-likeness (QED) is 0.0987. The van der Waals surface area contributed by atoms with Gasteiger partial charge in [0.25, 0.3) is 0 Å². The Labute approximate surface area is 249 Å². The first kappa shape index (κ1) is 39.1. The number of benzene rings is 1. The van der Waals surface area contributed by atoms with Crippen molar-refractivity contribution in [2.24, 2.45) is 0 Å². The van der Waals surface area contributed by atoms with Gasteiger partial charge >= 0.3 is 35.5 Å². The molecule has 0 aliphatic heterocycles. The fraction of sp³-hybridized carbons (Fsp3) is 0.786. The Kier molecular flexibility index (Phi) is 26.4. The van der Waals surface area contributed by atoms with E-state index >= 15 is 0 Å². The Morgan fingerprint density at radius 3 is 1.51 bits per heavy atom. The van der Waals surface area contributed by atoms with Crippen molar-refractivity contribution >= 4 is 10.1 Å². The molecule has 1 aromatic carbocycles. The predicted octanol–water partition coefficient (Wildman–Crippen LogP) is 3.81. The first-order valence-corrected chi connectivity index (χ1v) is 15.3. The van der Waals surface area contributed by atoms with Crippen LogP contribution in [0.1, 0.15) is 104 Å². The van der Waals surface area contributed by atoms with Gasteiger partial charge in [-0.1, -0.05) is 95.0 Å². The molecule has 0 aromatic heterocycles. The van der Waals surface area contributed by atoms with Crippen molar-refractivity contribution in [2.45, 2.75) is 117 Å². The smallest absolute Gasteiger partial charge is 0.746 e. The zero-order valence-electron chi connectivity index (χ0n) is 24.3. The zero-order valence-corrected chi connectivity index (χ0v) is 27.2. The second-order valence-corrected chi connectivity index (χ2v) is 10.0. The molecule has 1 atom stereocenters. The monoisotopic (exact) mass is 554 g/mol. The van der Waals surface area contributed by atoms with Crippen molar-refractivity contribution in [3.63, 3.8) is 0 Å². The van der Waals surface area contributed by atoms with Gasteiger partial charge in [-0.3, -0.25) is 0 Å². The van der Waals surface area contributed by atoms with Crippen LogP contribution in [0.3, 0.4) is 0 Å². The number of ether oxygens (including phenoxy) is 4. The number of aryl methyl sites for hydroxylation is 1. The van der Waals surface area contributed by atoms with E-state index in [0.29, 0.717) is 0 Å². The van der Waals surface area contributed by atoms with E-state index in [0.717, 1.165) is 0 Å². The van der Waals surface area contributed by atoms with Crippen LogP contribution in [0.4, 0.5) is 0 Å². The third-order valence-electron chi connectivity index (χ3n) is 5.57. The normalized spacial score (nSPS) is 12.4. The van der Waals surface area contributed by atoms with Gasteiger partial charge in [0, 0.05) is 26.4 Å². The first-order chi connectivity index (χ1) is 17.3. The molecule has 0 heterocycles. The van der Waals surface area contributed by atoms with Crippen LogP contribution < -0.4 is 29.6 Å². The van der Waals surface area contributed by atoms with Crippen molar-refractivity contribution in [1.82, 2.24) is 0 Å². The Morgan fingerprint density at radius 2 is 1.14 bits per heavy atom. The molecule has 0 spiro atoms. The summed E-state index contributed by atoms with van der Waals surface area (Å²) in [6, 6.07) is 10.9. The molecular weight excluding hydrogens is 503 g/mol. The van der Waals surface area contributed by atoms with E-state index in [1.165, 1.54) is 76.2 Å². The molecule has 0 fully saturated rings. The van der Waals surface area contributed by atoms with E-state index in [2.05, 4.69) is 37.3 Å². The van der Waals surface area contributed by atoms with Gasteiger partial charge in [0.1, 0.15) is 10.1 Å². The summed E-state index contributed by atoms with van der Waals surface area (Å²) in [6.07, 6.45) is 15.5. The summed E-state index contributed by atoms with van der Waals surface area (Å²) in [5.41, 5.74) is -0.369. The van der Waals surface area contributed by atoms with E-state index in [1.54, 1.807) is 27.7 Å². The fourth-order valence-corrected chi connectivity index (χ4v) is 4.77. The topological polar surface area (TPSA) is 94.1 Å². The summed E-state index contributed by atoms with van der Waals surface area (Å²) in [4.78, 5) is 0. The number of unbranched alkanes of at least 4 members (excludes halogenated alkanes) is 9. The van der Waals surface area contributed by atoms with Crippen LogP contribution in [0.15, 0.2) is 30.3 Å². The summed E-state index contributed by atoms with van der Waals surface area (Å²) in [7, 11) is -4.80. The molecular formula is C28H51NaO7S. The van der Waals surface area contributed by atoms with Crippen LogP contribution in [0, 0.1) is 0 Å². The van der Waals surface area contributed by atoms with Crippen LogP contribution in [-0.2, 0) is 35.5 Å². The molecule has 0 aliphatic carbocycles. The van der Waals surface area contributed by atoms with Gasteiger partial charge < -0.3 is 23.5 Å². The summed E-state index contributed by atoms with van der Waals surface area (Å²) in [5.74, 6) is -2.02. The van der Waals surface area contributed by atoms with Crippen molar-refractivity contribution in [3.8, 4) is 0 Å². The average Bonchev–Trinajstić information content (AvgIpc) is 2.84. The molecule has 0 saturated heterocycles. The van der Waals surface area contributed by atoms with Gasteiger partial charge in [-0.05, 0) is 46.1 Å². The molecule has 37 heavy (non-hydrogen) atoms. The Bertz CT molecular complexity index is 699. The largest absolute Gasteiger partial charge is 1.00 e. The Hall–Kier alpha value is -0.0300. The van der Waals surface area contributed by atoms with Gasteiger partial charge in [0.2, 0.25) is 5.44 Å². The van der Waals surface area contributed by atoms with Gasteiger partial charge in [0.05, 0.1) is 0 Å². The van der Waals surface area contributed by atoms with Crippen LogP contribution >= 0.6 is 0 Å². The predicted molar refractivity (Wildman–Crippen MR) is 145 cm³/mol. The molecule has 212 valence electrons. The van der Waals surface area contributed by atoms with Crippen LogP contribution in [0.2, 0.25) is 0 Å². The molecule has 9 heteroatoms. The maximum atomic E-state index is 11.3. The maximum absolute atomic E-state index is 11.3. The van der Waals surface area contributed by atoms with Crippen LogP contribution in [-0.4, -0.2) is 50.8 Å². The Morgan fingerprint density at radius 1 is 0.703 bits per heavy atom. The van der Waals surface area contributed by atoms with E-state index < -0.39 is 21.5 Å². The standard InChI is InChI=1S/C18H30.C10H22O7S.Na/c1-2-3-4-5-6-7-8-9-10-12-15-18-16-13-11-14-17-18;1-5-14-9(18(11,12)13)10(15-6-2,16-7-3)17-8-4;/h11,13-14,16-17H,2-10,12,15H2,1H3;9H,5-8H2,1-4H3,(H,11,12,13);/q;;+1/p-1. The summed E-state index contributed by atoms with van der Waals surface area (Å²) in [6.45, 7) is 9.09. The molecule has 0 radical (unpaired) electrons. The average molecular weight is 555 g/mol. The number of hydrogen-bond donors (Lipinski definition) is 0. The number of rotatable bonds is 21. The second kappa shape index (κ2) is 25.0. The molecule has 7 nitrogen and oxygen atoms in total. The van der Waals surface area contributed by atoms with Crippen molar-refractivity contribution < 1.29 is 61.5 Å². The van der Waals surface area contributed by atoms with E-state index in [1.807, 2.05) is 0 Å². The molecule has 1 unspecified atom stereocenters. The van der Waals surface area contributed by atoms with Gasteiger partial charge in [-0.2, -0.15) is 0 Å². The van der Waals surface area contributed by atoms with E-state index in [4.69, 9.17) is 18.9 Å². The second-order valence-electron chi connectivity index (χ2n) is 8.60. The SMILES string of the molecule is CCCCCCCCCCCCc1ccccc1.CCOC(C(OCC)(OCC)OCC)S(=O)(=O)[O-].[Na+]. The van der Waals surface area contributed by atoms with E-state index in [-0.39, 0.29) is 56.0 Å². The molecule has 0 aliphatic rings. The minimum Gasteiger partial charge on any atom is -0.746 e. The van der Waals surface area contributed by atoms with Crippen molar-refractivity contribution in [1.29, 1.82) is 0 Å². The summed E-state index contributed by atoms with van der Waals surface area (Å²) in [5, 5.41) is 0. The third-order valence-corrected chi connectivity index (χ3v) is 6.52. The number of hydrogen-bond acceptors (Lipinski definition) is 7. The first-order valence-electron chi connectivity index (χ1n) is 13.8. The maximum Gasteiger partial charge on any atom is 1.00 e. The summed E-state index contributed by atoms with van der Waals surface area (Å²) >= 11 is 0. The minimum absolute atomic E-state index is 0. The molecule has 0 saturated carbocycles. The minimum atomic E-state index is -4.80. The molecule has 0 amide bonds. The van der Waals surface area contributed by atoms with Crippen molar-refractivity contribution in [2.75, 3.05) is 26.4 Å². The van der Waals surface area contributed by atoms with Gasteiger partial charge in [-0.15, -0.1) is 0 Å².